The van der Waals surface area contributed by atoms with Crippen molar-refractivity contribution < 1.29 is 14.3 Å². The highest BCUT2D eigenvalue weighted by Crippen LogP contribution is 2.13. The first-order valence-electron chi connectivity index (χ1n) is 8.67. The number of halogens is 1. The molecular formula is C21H22ClNO3. The van der Waals surface area contributed by atoms with Gasteiger partial charge in [-0.15, -0.1) is 0 Å². The minimum Gasteiger partial charge on any atom is -0.460 e. The Labute approximate surface area is 159 Å². The molecule has 1 aliphatic rings. The lowest BCUT2D eigenvalue weighted by Gasteiger charge is -2.32. The summed E-state index contributed by atoms with van der Waals surface area (Å²) in [7, 11) is 0. The number of carbonyl (C=O) groups excluding carboxylic acids is 1. The first-order chi connectivity index (χ1) is 12.7. The summed E-state index contributed by atoms with van der Waals surface area (Å²) in [6.45, 7) is 3.41. The summed E-state index contributed by atoms with van der Waals surface area (Å²) in [5.41, 5.74) is 2.13. The number of carbonyl (C=O) groups is 1. The lowest BCUT2D eigenvalue weighted by molar-refractivity contribution is -0.144. The highest BCUT2D eigenvalue weighted by atomic mass is 35.5. The molecule has 0 amide bonds. The van der Waals surface area contributed by atoms with Gasteiger partial charge in [0.1, 0.15) is 12.7 Å². The van der Waals surface area contributed by atoms with Gasteiger partial charge in [0.05, 0.1) is 6.61 Å². The van der Waals surface area contributed by atoms with Gasteiger partial charge in [0, 0.05) is 30.7 Å². The van der Waals surface area contributed by atoms with E-state index in [0.29, 0.717) is 11.6 Å². The smallest absolute Gasteiger partial charge is 0.330 e. The standard InChI is InChI=1S/C21H22ClNO3/c22-19-8-4-7-17(13-19)9-10-21(24)26-16-20-15-23(11-12-25-20)14-18-5-2-1-3-6-18/h1-10,13,20H,11-12,14-16H2/b10-9-/t20-/m0/s1. The van der Waals surface area contributed by atoms with Crippen molar-refractivity contribution in [3.8, 4) is 0 Å². The summed E-state index contributed by atoms with van der Waals surface area (Å²) in [6, 6.07) is 17.6. The summed E-state index contributed by atoms with van der Waals surface area (Å²) < 4.78 is 11.0. The van der Waals surface area contributed by atoms with Gasteiger partial charge in [-0.25, -0.2) is 4.79 Å². The molecule has 0 N–H and O–H groups in total. The number of hydrogen-bond donors (Lipinski definition) is 0. The molecular weight excluding hydrogens is 350 g/mol. The number of ether oxygens (including phenoxy) is 2. The molecule has 0 aromatic heterocycles. The molecule has 0 bridgehead atoms. The summed E-state index contributed by atoms with van der Waals surface area (Å²) in [5, 5.41) is 0.634. The van der Waals surface area contributed by atoms with E-state index in [1.165, 1.54) is 11.6 Å². The van der Waals surface area contributed by atoms with E-state index in [1.54, 1.807) is 18.2 Å². The minimum absolute atomic E-state index is 0.101. The van der Waals surface area contributed by atoms with Gasteiger partial charge in [-0.05, 0) is 29.3 Å². The Bertz CT molecular complexity index is 748. The van der Waals surface area contributed by atoms with E-state index < -0.39 is 0 Å². The summed E-state index contributed by atoms with van der Waals surface area (Å²) in [4.78, 5) is 14.2. The first-order valence-corrected chi connectivity index (χ1v) is 9.05. The Morgan fingerprint density at radius 2 is 2.08 bits per heavy atom. The Balaban J connectivity index is 1.44. The Kier molecular flexibility index (Phi) is 6.83. The van der Waals surface area contributed by atoms with E-state index in [2.05, 4.69) is 17.0 Å². The van der Waals surface area contributed by atoms with Crippen molar-refractivity contribution in [2.24, 2.45) is 0 Å². The van der Waals surface area contributed by atoms with Gasteiger partial charge in [-0.1, -0.05) is 54.1 Å². The van der Waals surface area contributed by atoms with Gasteiger partial charge in [-0.2, -0.15) is 0 Å². The Hall–Kier alpha value is -2.14. The fraction of sp³-hybridized carbons (Fsp3) is 0.286. The monoisotopic (exact) mass is 371 g/mol. The maximum absolute atomic E-state index is 11.9. The molecule has 1 aliphatic heterocycles. The Morgan fingerprint density at radius 3 is 2.88 bits per heavy atom. The van der Waals surface area contributed by atoms with Crippen molar-refractivity contribution in [3.05, 3.63) is 76.8 Å². The van der Waals surface area contributed by atoms with Crippen LogP contribution in [0.1, 0.15) is 11.1 Å². The molecule has 0 spiro atoms. The predicted octanol–water partition coefficient (Wildman–Crippen LogP) is 3.80. The van der Waals surface area contributed by atoms with Crippen molar-refractivity contribution in [2.45, 2.75) is 12.6 Å². The number of benzene rings is 2. The third-order valence-corrected chi connectivity index (χ3v) is 4.38. The third kappa shape index (κ3) is 5.99. The second-order valence-electron chi connectivity index (χ2n) is 6.23. The van der Waals surface area contributed by atoms with Crippen LogP contribution in [-0.4, -0.2) is 43.3 Å². The third-order valence-electron chi connectivity index (χ3n) is 4.14. The van der Waals surface area contributed by atoms with E-state index >= 15 is 0 Å². The van der Waals surface area contributed by atoms with E-state index in [-0.39, 0.29) is 18.7 Å². The number of nitrogens with zero attached hydrogens (tertiary/aromatic N) is 1. The van der Waals surface area contributed by atoms with Crippen LogP contribution in [0, 0.1) is 0 Å². The second-order valence-corrected chi connectivity index (χ2v) is 6.67. The summed E-state index contributed by atoms with van der Waals surface area (Å²) in [5.74, 6) is -0.381. The zero-order valence-electron chi connectivity index (χ0n) is 14.5. The molecule has 0 unspecified atom stereocenters. The fourth-order valence-electron chi connectivity index (χ4n) is 2.86. The fourth-order valence-corrected chi connectivity index (χ4v) is 3.06. The van der Waals surface area contributed by atoms with Gasteiger partial charge in [0.15, 0.2) is 0 Å². The van der Waals surface area contributed by atoms with E-state index in [0.717, 1.165) is 25.2 Å². The van der Waals surface area contributed by atoms with Crippen LogP contribution in [0.15, 0.2) is 60.7 Å². The highest BCUT2D eigenvalue weighted by molar-refractivity contribution is 6.30. The second kappa shape index (κ2) is 9.53. The average Bonchev–Trinajstić information content (AvgIpc) is 2.66. The lowest BCUT2D eigenvalue weighted by Crippen LogP contribution is -2.44. The van der Waals surface area contributed by atoms with Crippen LogP contribution in [-0.2, 0) is 20.8 Å². The van der Waals surface area contributed by atoms with Crippen LogP contribution in [0.25, 0.3) is 6.08 Å². The predicted molar refractivity (Wildman–Crippen MR) is 103 cm³/mol. The molecule has 1 atom stereocenters. The van der Waals surface area contributed by atoms with Gasteiger partial charge in [0.2, 0.25) is 0 Å². The minimum atomic E-state index is -0.381. The molecule has 26 heavy (non-hydrogen) atoms. The molecule has 0 saturated carbocycles. The first kappa shape index (κ1) is 18.6. The molecule has 1 saturated heterocycles. The molecule has 4 nitrogen and oxygen atoms in total. The molecule has 2 aromatic rings. The maximum atomic E-state index is 11.9. The molecule has 0 aliphatic carbocycles. The van der Waals surface area contributed by atoms with Crippen LogP contribution in [0.4, 0.5) is 0 Å². The van der Waals surface area contributed by atoms with E-state index in [4.69, 9.17) is 21.1 Å². The van der Waals surface area contributed by atoms with Gasteiger partial charge in [-0.3, -0.25) is 4.90 Å². The zero-order chi connectivity index (χ0) is 18.2. The van der Waals surface area contributed by atoms with E-state index in [9.17, 15) is 4.79 Å². The lowest BCUT2D eigenvalue weighted by atomic mass is 10.2. The van der Waals surface area contributed by atoms with Crippen molar-refractivity contribution in [1.29, 1.82) is 0 Å². The molecule has 1 heterocycles. The van der Waals surface area contributed by atoms with Gasteiger partial charge >= 0.3 is 5.97 Å². The van der Waals surface area contributed by atoms with Crippen LogP contribution in [0.5, 0.6) is 0 Å². The van der Waals surface area contributed by atoms with E-state index in [1.807, 2.05) is 30.3 Å². The SMILES string of the molecule is O=C(/C=C\c1cccc(Cl)c1)OC[C@@H]1CN(Cc2ccccc2)CCO1. The van der Waals surface area contributed by atoms with Crippen molar-refractivity contribution in [3.63, 3.8) is 0 Å². The largest absolute Gasteiger partial charge is 0.460 e. The van der Waals surface area contributed by atoms with Gasteiger partial charge in [0.25, 0.3) is 0 Å². The number of esters is 1. The quantitative estimate of drug-likeness (QED) is 0.572. The number of morpholine rings is 1. The number of rotatable bonds is 6. The van der Waals surface area contributed by atoms with Crippen molar-refractivity contribution in [1.82, 2.24) is 4.90 Å². The number of hydrogen-bond acceptors (Lipinski definition) is 4. The van der Waals surface area contributed by atoms with Crippen LogP contribution >= 0.6 is 11.6 Å². The van der Waals surface area contributed by atoms with Gasteiger partial charge < -0.3 is 9.47 Å². The topological polar surface area (TPSA) is 38.8 Å². The zero-order valence-corrected chi connectivity index (χ0v) is 15.3. The summed E-state index contributed by atoms with van der Waals surface area (Å²) >= 11 is 5.92. The Morgan fingerprint density at radius 1 is 1.23 bits per heavy atom. The highest BCUT2D eigenvalue weighted by Gasteiger charge is 2.21. The molecule has 136 valence electrons. The van der Waals surface area contributed by atoms with Crippen molar-refractivity contribution in [2.75, 3.05) is 26.3 Å². The van der Waals surface area contributed by atoms with Crippen LogP contribution in [0.2, 0.25) is 5.02 Å². The normalized spacial score (nSPS) is 18.1. The molecule has 1 fully saturated rings. The molecule has 0 radical (unpaired) electrons. The summed E-state index contributed by atoms with van der Waals surface area (Å²) in [6.07, 6.45) is 3.00. The molecule has 5 heteroatoms. The molecule has 3 rings (SSSR count). The van der Waals surface area contributed by atoms with Crippen molar-refractivity contribution >= 4 is 23.6 Å². The van der Waals surface area contributed by atoms with Crippen LogP contribution < -0.4 is 0 Å². The molecule has 2 aromatic carbocycles. The maximum Gasteiger partial charge on any atom is 0.330 e. The average molecular weight is 372 g/mol. The van der Waals surface area contributed by atoms with Crippen LogP contribution in [0.3, 0.4) is 0 Å².